The molecule has 0 spiro atoms. The largest absolute Gasteiger partial charge is 0.490 e. The van der Waals surface area contributed by atoms with Crippen LogP contribution < -0.4 is 4.74 Å². The Labute approximate surface area is 142 Å². The molecule has 0 amide bonds. The van der Waals surface area contributed by atoms with Crippen molar-refractivity contribution in [2.75, 3.05) is 0 Å². The number of benzene rings is 2. The average Bonchev–Trinajstić information content (AvgIpc) is 2.48. The van der Waals surface area contributed by atoms with Crippen LogP contribution in [0.15, 0.2) is 34.8 Å². The van der Waals surface area contributed by atoms with E-state index in [1.54, 1.807) is 18.2 Å². The van der Waals surface area contributed by atoms with Gasteiger partial charge in [-0.3, -0.25) is 0 Å². The maximum Gasteiger partial charge on any atom is 0.420 e. The van der Waals surface area contributed by atoms with Gasteiger partial charge in [-0.1, -0.05) is 35.0 Å². The Hall–Kier alpha value is -1.23. The molecule has 1 saturated carbocycles. The highest BCUT2D eigenvalue weighted by molar-refractivity contribution is 9.10. The van der Waals surface area contributed by atoms with E-state index in [1.165, 1.54) is 12.1 Å². The highest BCUT2D eigenvalue weighted by Crippen LogP contribution is 2.43. The number of halogens is 4. The SMILES string of the molecule is C[C@H]1CC[C@@H](Oc2ccc3ccc(Br)cc3c2C(F)(F)F)CC1. The van der Waals surface area contributed by atoms with Gasteiger partial charge in [-0.05, 0) is 60.6 Å². The molecule has 1 aliphatic rings. The molecular weight excluding hydrogens is 369 g/mol. The van der Waals surface area contributed by atoms with Gasteiger partial charge in [0.25, 0.3) is 0 Å². The Morgan fingerprint density at radius 3 is 2.35 bits per heavy atom. The number of rotatable bonds is 2. The average molecular weight is 387 g/mol. The highest BCUT2D eigenvalue weighted by atomic mass is 79.9. The molecule has 0 radical (unpaired) electrons. The molecule has 0 aliphatic heterocycles. The fraction of sp³-hybridized carbons (Fsp3) is 0.444. The summed E-state index contributed by atoms with van der Waals surface area (Å²) in [6.07, 6.45) is -0.936. The zero-order valence-electron chi connectivity index (χ0n) is 12.8. The zero-order chi connectivity index (χ0) is 16.6. The van der Waals surface area contributed by atoms with E-state index in [-0.39, 0.29) is 17.2 Å². The molecule has 0 unspecified atom stereocenters. The third-order valence-electron chi connectivity index (χ3n) is 4.49. The van der Waals surface area contributed by atoms with Gasteiger partial charge < -0.3 is 4.74 Å². The van der Waals surface area contributed by atoms with Crippen molar-refractivity contribution in [2.24, 2.45) is 5.92 Å². The van der Waals surface area contributed by atoms with Crippen molar-refractivity contribution in [2.45, 2.75) is 44.9 Å². The molecule has 5 heteroatoms. The fourth-order valence-electron chi connectivity index (χ4n) is 3.19. The third-order valence-corrected chi connectivity index (χ3v) is 4.98. The Balaban J connectivity index is 2.02. The van der Waals surface area contributed by atoms with E-state index in [0.29, 0.717) is 15.8 Å². The molecule has 2 aromatic carbocycles. The molecule has 3 rings (SSSR count). The van der Waals surface area contributed by atoms with Gasteiger partial charge in [0.2, 0.25) is 0 Å². The zero-order valence-corrected chi connectivity index (χ0v) is 14.4. The molecule has 0 bridgehead atoms. The molecule has 1 aliphatic carbocycles. The van der Waals surface area contributed by atoms with Crippen molar-refractivity contribution < 1.29 is 17.9 Å². The van der Waals surface area contributed by atoms with Gasteiger partial charge in [0.15, 0.2) is 0 Å². The van der Waals surface area contributed by atoms with E-state index in [0.717, 1.165) is 25.7 Å². The fourth-order valence-corrected chi connectivity index (χ4v) is 3.55. The lowest BCUT2D eigenvalue weighted by Gasteiger charge is -2.28. The molecular formula is C18H18BrF3O. The van der Waals surface area contributed by atoms with Crippen LogP contribution in [0.25, 0.3) is 10.8 Å². The molecule has 0 saturated heterocycles. The van der Waals surface area contributed by atoms with Gasteiger partial charge in [0.05, 0.1) is 6.10 Å². The van der Waals surface area contributed by atoms with Crippen LogP contribution in [0.4, 0.5) is 13.2 Å². The lowest BCUT2D eigenvalue weighted by atomic mass is 9.89. The number of hydrogen-bond acceptors (Lipinski definition) is 1. The predicted molar refractivity (Wildman–Crippen MR) is 88.7 cm³/mol. The van der Waals surface area contributed by atoms with Crippen molar-refractivity contribution in [1.29, 1.82) is 0 Å². The first-order valence-electron chi connectivity index (χ1n) is 7.80. The summed E-state index contributed by atoms with van der Waals surface area (Å²) in [4.78, 5) is 0. The van der Waals surface area contributed by atoms with E-state index in [2.05, 4.69) is 22.9 Å². The number of fused-ring (bicyclic) bond motifs is 1. The first-order chi connectivity index (χ1) is 10.8. The predicted octanol–water partition coefficient (Wildman–Crippen LogP) is 6.58. The Morgan fingerprint density at radius 1 is 1.04 bits per heavy atom. The summed E-state index contributed by atoms with van der Waals surface area (Å²) >= 11 is 3.25. The number of alkyl halides is 3. The monoisotopic (exact) mass is 386 g/mol. The van der Waals surface area contributed by atoms with Crippen LogP contribution >= 0.6 is 15.9 Å². The molecule has 0 atom stereocenters. The van der Waals surface area contributed by atoms with E-state index in [4.69, 9.17) is 4.74 Å². The van der Waals surface area contributed by atoms with Crippen LogP contribution in [-0.4, -0.2) is 6.10 Å². The van der Waals surface area contributed by atoms with Crippen LogP contribution in [0.5, 0.6) is 5.75 Å². The maximum atomic E-state index is 13.6. The number of hydrogen-bond donors (Lipinski definition) is 0. The van der Waals surface area contributed by atoms with Crippen molar-refractivity contribution >= 4 is 26.7 Å². The third kappa shape index (κ3) is 3.65. The quantitative estimate of drug-likeness (QED) is 0.566. The lowest BCUT2D eigenvalue weighted by Crippen LogP contribution is -2.24. The molecule has 0 N–H and O–H groups in total. The summed E-state index contributed by atoms with van der Waals surface area (Å²) in [7, 11) is 0. The first-order valence-corrected chi connectivity index (χ1v) is 8.60. The van der Waals surface area contributed by atoms with Crippen LogP contribution in [0.3, 0.4) is 0 Å². The second-order valence-electron chi connectivity index (χ2n) is 6.30. The summed E-state index contributed by atoms with van der Waals surface area (Å²) in [5.74, 6) is 0.576. The van der Waals surface area contributed by atoms with Gasteiger partial charge in [-0.15, -0.1) is 0 Å². The summed E-state index contributed by atoms with van der Waals surface area (Å²) in [6, 6.07) is 8.08. The summed E-state index contributed by atoms with van der Waals surface area (Å²) in [5.41, 5.74) is -0.671. The standard InChI is InChI=1S/C18H18BrF3O/c1-11-2-7-14(8-3-11)23-16-9-5-12-4-6-13(19)10-15(12)17(16)18(20,21)22/h4-6,9-11,14H,2-3,7-8H2,1H3/t11-,14+. The Bertz CT molecular complexity index is 703. The maximum absolute atomic E-state index is 13.6. The van der Waals surface area contributed by atoms with Gasteiger partial charge >= 0.3 is 6.18 Å². The highest BCUT2D eigenvalue weighted by Gasteiger charge is 2.37. The minimum Gasteiger partial charge on any atom is -0.490 e. The summed E-state index contributed by atoms with van der Waals surface area (Å²) in [6.45, 7) is 2.17. The normalized spacial score (nSPS) is 22.3. The Morgan fingerprint density at radius 2 is 1.70 bits per heavy atom. The molecule has 23 heavy (non-hydrogen) atoms. The molecule has 1 nitrogen and oxygen atoms in total. The minimum atomic E-state index is -4.45. The summed E-state index contributed by atoms with van der Waals surface area (Å²) in [5, 5.41) is 0.735. The topological polar surface area (TPSA) is 9.23 Å². The van der Waals surface area contributed by atoms with E-state index < -0.39 is 11.7 Å². The van der Waals surface area contributed by atoms with Crippen LogP contribution in [-0.2, 0) is 6.18 Å². The smallest absolute Gasteiger partial charge is 0.420 e. The lowest BCUT2D eigenvalue weighted by molar-refractivity contribution is -0.138. The van der Waals surface area contributed by atoms with E-state index >= 15 is 0 Å². The van der Waals surface area contributed by atoms with Crippen molar-refractivity contribution in [3.05, 3.63) is 40.4 Å². The van der Waals surface area contributed by atoms with Gasteiger partial charge in [0.1, 0.15) is 11.3 Å². The molecule has 124 valence electrons. The van der Waals surface area contributed by atoms with E-state index in [1.807, 2.05) is 0 Å². The molecule has 1 fully saturated rings. The van der Waals surface area contributed by atoms with E-state index in [9.17, 15) is 13.2 Å². The van der Waals surface area contributed by atoms with Gasteiger partial charge in [-0.2, -0.15) is 13.2 Å². The van der Waals surface area contributed by atoms with Crippen molar-refractivity contribution in [3.8, 4) is 5.75 Å². The van der Waals surface area contributed by atoms with Gasteiger partial charge in [0, 0.05) is 4.47 Å². The van der Waals surface area contributed by atoms with Crippen LogP contribution in [0.2, 0.25) is 0 Å². The van der Waals surface area contributed by atoms with Crippen LogP contribution in [0, 0.1) is 5.92 Å². The minimum absolute atomic E-state index is 0.0531. The van der Waals surface area contributed by atoms with Crippen molar-refractivity contribution in [1.82, 2.24) is 0 Å². The molecule has 0 heterocycles. The van der Waals surface area contributed by atoms with Crippen LogP contribution in [0.1, 0.15) is 38.2 Å². The van der Waals surface area contributed by atoms with Crippen molar-refractivity contribution in [3.63, 3.8) is 0 Å². The van der Waals surface area contributed by atoms with Gasteiger partial charge in [-0.25, -0.2) is 0 Å². The number of ether oxygens (including phenoxy) is 1. The summed E-state index contributed by atoms with van der Waals surface area (Å²) < 4.78 is 47.3. The second kappa shape index (κ2) is 6.34. The molecule has 2 aromatic rings. The Kier molecular flexibility index (Phi) is 4.59. The molecule has 0 aromatic heterocycles. The first kappa shape index (κ1) is 16.6. The second-order valence-corrected chi connectivity index (χ2v) is 7.22.